The maximum Gasteiger partial charge on any atom is 0.387 e. The molecule has 0 N–H and O–H groups in total. The number of alkyl halides is 2. The van der Waals surface area contributed by atoms with E-state index in [0.717, 1.165) is 32.1 Å². The Bertz CT molecular complexity index is 1060. The molecule has 0 heterocycles. The van der Waals surface area contributed by atoms with Crippen molar-refractivity contribution in [3.05, 3.63) is 77.9 Å². The third-order valence-electron chi connectivity index (χ3n) is 6.39. The van der Waals surface area contributed by atoms with Crippen molar-refractivity contribution in [2.75, 3.05) is 0 Å². The summed E-state index contributed by atoms with van der Waals surface area (Å²) >= 11 is 0. The minimum atomic E-state index is -2.94. The summed E-state index contributed by atoms with van der Waals surface area (Å²) in [7, 11) is 0. The van der Waals surface area contributed by atoms with Gasteiger partial charge in [0.2, 0.25) is 0 Å². The van der Waals surface area contributed by atoms with Crippen LogP contribution in [0.4, 0.5) is 17.6 Å². The summed E-state index contributed by atoms with van der Waals surface area (Å²) in [5.74, 6) is -0.755. The molecule has 0 saturated heterocycles. The van der Waals surface area contributed by atoms with E-state index in [-0.39, 0.29) is 36.2 Å². The standard InChI is InChI=1S/C27H26F4O2.CH4/c1-2-17-8-10-19(11-9-17)24-23(28)16-22(18-6-4-3-5-7-18)26(25(24)29)32-20-12-14-21(15-13-20)33-27(30)31;/h3-7,12-17,19,27H,2,8-11H2,1H3;1H4. The Morgan fingerprint density at radius 1 is 0.882 bits per heavy atom. The predicted molar refractivity (Wildman–Crippen MR) is 127 cm³/mol. The lowest BCUT2D eigenvalue weighted by atomic mass is 9.77. The van der Waals surface area contributed by atoms with Crippen molar-refractivity contribution in [2.24, 2.45) is 5.92 Å². The van der Waals surface area contributed by atoms with Gasteiger partial charge in [0.25, 0.3) is 0 Å². The molecular formula is C28H30F4O2. The molecule has 3 aromatic rings. The molecule has 0 radical (unpaired) electrons. The fourth-order valence-corrected chi connectivity index (χ4v) is 4.59. The van der Waals surface area contributed by atoms with Gasteiger partial charge in [0.05, 0.1) is 0 Å². The van der Waals surface area contributed by atoms with Gasteiger partial charge in [-0.1, -0.05) is 51.1 Å². The first-order valence-corrected chi connectivity index (χ1v) is 11.3. The molecule has 2 nitrogen and oxygen atoms in total. The molecule has 0 amide bonds. The van der Waals surface area contributed by atoms with E-state index in [2.05, 4.69) is 11.7 Å². The number of ether oxygens (including phenoxy) is 2. The molecule has 0 aromatic heterocycles. The van der Waals surface area contributed by atoms with Crippen LogP contribution in [-0.4, -0.2) is 6.61 Å². The van der Waals surface area contributed by atoms with Crippen molar-refractivity contribution >= 4 is 0 Å². The molecule has 182 valence electrons. The van der Waals surface area contributed by atoms with Crippen molar-refractivity contribution in [3.63, 3.8) is 0 Å². The minimum absolute atomic E-state index is 0. The third-order valence-corrected chi connectivity index (χ3v) is 6.39. The summed E-state index contributed by atoms with van der Waals surface area (Å²) in [6, 6.07) is 15.7. The molecule has 1 aliphatic rings. The van der Waals surface area contributed by atoms with Gasteiger partial charge in [0, 0.05) is 11.1 Å². The van der Waals surface area contributed by atoms with E-state index < -0.39 is 18.2 Å². The van der Waals surface area contributed by atoms with Crippen LogP contribution in [0.5, 0.6) is 17.2 Å². The summed E-state index contributed by atoms with van der Waals surface area (Å²) in [6.45, 7) is -0.800. The molecule has 1 fully saturated rings. The Hall–Kier alpha value is -3.02. The minimum Gasteiger partial charge on any atom is -0.454 e. The smallest absolute Gasteiger partial charge is 0.387 e. The van der Waals surface area contributed by atoms with Crippen LogP contribution in [0.25, 0.3) is 11.1 Å². The number of rotatable bonds is 7. The third kappa shape index (κ3) is 5.72. The molecule has 1 saturated carbocycles. The molecule has 0 spiro atoms. The second kappa shape index (κ2) is 11.4. The second-order valence-electron chi connectivity index (χ2n) is 8.41. The maximum absolute atomic E-state index is 15.9. The molecule has 0 atom stereocenters. The van der Waals surface area contributed by atoms with Crippen molar-refractivity contribution in [1.29, 1.82) is 0 Å². The van der Waals surface area contributed by atoms with Crippen LogP contribution in [0, 0.1) is 17.6 Å². The highest BCUT2D eigenvalue weighted by molar-refractivity contribution is 5.72. The van der Waals surface area contributed by atoms with E-state index in [0.29, 0.717) is 17.0 Å². The van der Waals surface area contributed by atoms with E-state index in [1.165, 1.54) is 30.3 Å². The number of benzene rings is 3. The lowest BCUT2D eigenvalue weighted by molar-refractivity contribution is -0.0498. The van der Waals surface area contributed by atoms with Gasteiger partial charge in [0.1, 0.15) is 17.3 Å². The van der Waals surface area contributed by atoms with Gasteiger partial charge in [-0.25, -0.2) is 8.78 Å². The zero-order valence-electron chi connectivity index (χ0n) is 18.4. The number of hydrogen-bond acceptors (Lipinski definition) is 2. The average Bonchev–Trinajstić information content (AvgIpc) is 2.82. The van der Waals surface area contributed by atoms with Crippen LogP contribution in [0.1, 0.15) is 57.9 Å². The Kier molecular flexibility index (Phi) is 8.59. The Morgan fingerprint density at radius 2 is 1.50 bits per heavy atom. The Labute approximate surface area is 198 Å². The first-order chi connectivity index (χ1) is 16.0. The van der Waals surface area contributed by atoms with Crippen molar-refractivity contribution < 1.29 is 27.0 Å². The summed E-state index contributed by atoms with van der Waals surface area (Å²) in [6.07, 6.45) is 4.43. The fourth-order valence-electron chi connectivity index (χ4n) is 4.59. The van der Waals surface area contributed by atoms with Gasteiger partial charge in [-0.15, -0.1) is 0 Å². The highest BCUT2D eigenvalue weighted by Gasteiger charge is 2.30. The van der Waals surface area contributed by atoms with Gasteiger partial charge >= 0.3 is 6.61 Å². The molecule has 6 heteroatoms. The van der Waals surface area contributed by atoms with Gasteiger partial charge in [0.15, 0.2) is 11.6 Å². The quantitative estimate of drug-likeness (QED) is 0.318. The fraction of sp³-hybridized carbons (Fsp3) is 0.357. The van der Waals surface area contributed by atoms with E-state index in [9.17, 15) is 8.78 Å². The zero-order valence-corrected chi connectivity index (χ0v) is 18.4. The van der Waals surface area contributed by atoms with Gasteiger partial charge in [-0.2, -0.15) is 8.78 Å². The lowest BCUT2D eigenvalue weighted by Crippen LogP contribution is -2.15. The first-order valence-electron chi connectivity index (χ1n) is 11.3. The summed E-state index contributed by atoms with van der Waals surface area (Å²) in [4.78, 5) is 0. The van der Waals surface area contributed by atoms with Crippen LogP contribution < -0.4 is 9.47 Å². The second-order valence-corrected chi connectivity index (χ2v) is 8.41. The number of halogens is 4. The monoisotopic (exact) mass is 474 g/mol. The van der Waals surface area contributed by atoms with Crippen molar-refractivity contribution in [2.45, 2.75) is 59.0 Å². The zero-order chi connectivity index (χ0) is 23.4. The van der Waals surface area contributed by atoms with E-state index >= 15 is 8.78 Å². The van der Waals surface area contributed by atoms with E-state index in [4.69, 9.17) is 4.74 Å². The van der Waals surface area contributed by atoms with Crippen LogP contribution in [0.2, 0.25) is 0 Å². The molecule has 34 heavy (non-hydrogen) atoms. The van der Waals surface area contributed by atoms with E-state index in [1.54, 1.807) is 24.3 Å². The SMILES string of the molecule is C.CCC1CCC(c2c(F)cc(-c3ccccc3)c(Oc3ccc(OC(F)F)cc3)c2F)CC1. The lowest BCUT2D eigenvalue weighted by Gasteiger charge is -2.29. The molecule has 3 aromatic carbocycles. The topological polar surface area (TPSA) is 18.5 Å². The van der Waals surface area contributed by atoms with E-state index in [1.807, 2.05) is 6.07 Å². The van der Waals surface area contributed by atoms with Crippen molar-refractivity contribution in [3.8, 4) is 28.4 Å². The van der Waals surface area contributed by atoms with Crippen LogP contribution in [0.3, 0.4) is 0 Å². The first kappa shape index (κ1) is 25.6. The molecule has 1 aliphatic carbocycles. The molecule has 0 aliphatic heterocycles. The molecule has 0 bridgehead atoms. The predicted octanol–water partition coefficient (Wildman–Crippen LogP) is 9.35. The van der Waals surface area contributed by atoms with Crippen LogP contribution in [-0.2, 0) is 0 Å². The normalized spacial score (nSPS) is 17.8. The maximum atomic E-state index is 15.9. The van der Waals surface area contributed by atoms with Crippen molar-refractivity contribution in [1.82, 2.24) is 0 Å². The number of hydrogen-bond donors (Lipinski definition) is 0. The highest BCUT2D eigenvalue weighted by Crippen LogP contribution is 2.45. The van der Waals surface area contributed by atoms with Gasteiger partial charge in [-0.3, -0.25) is 0 Å². The van der Waals surface area contributed by atoms with Gasteiger partial charge < -0.3 is 9.47 Å². The molecule has 4 rings (SSSR count). The summed E-state index contributed by atoms with van der Waals surface area (Å²) in [5, 5.41) is 0. The van der Waals surface area contributed by atoms with Crippen LogP contribution in [0.15, 0.2) is 60.7 Å². The highest BCUT2D eigenvalue weighted by atomic mass is 19.3. The summed E-state index contributed by atoms with van der Waals surface area (Å²) < 4.78 is 66.3. The van der Waals surface area contributed by atoms with Crippen LogP contribution >= 0.6 is 0 Å². The van der Waals surface area contributed by atoms with Gasteiger partial charge in [-0.05, 0) is 73.4 Å². The summed E-state index contributed by atoms with van der Waals surface area (Å²) in [5.41, 5.74) is 0.977. The largest absolute Gasteiger partial charge is 0.454 e. The Balaban J connectivity index is 0.00000324. The average molecular weight is 475 g/mol. The molecule has 0 unspecified atom stereocenters. The Morgan fingerprint density at radius 3 is 2.09 bits per heavy atom. The molecular weight excluding hydrogens is 444 g/mol.